The van der Waals surface area contributed by atoms with Crippen LogP contribution in [0.15, 0.2) is 24.3 Å². The van der Waals surface area contributed by atoms with Crippen LogP contribution >= 0.6 is 0 Å². The summed E-state index contributed by atoms with van der Waals surface area (Å²) in [6.07, 6.45) is 12.9. The van der Waals surface area contributed by atoms with Crippen molar-refractivity contribution in [1.29, 1.82) is 0 Å². The van der Waals surface area contributed by atoms with Crippen LogP contribution in [0.25, 0.3) is 0 Å². The minimum Gasteiger partial charge on any atom is -0.204 e. The van der Waals surface area contributed by atoms with Gasteiger partial charge in [0.2, 0.25) is 0 Å². The fraction of sp³-hybridized carbons (Fsp3) is 0.556. The predicted octanol–water partition coefficient (Wildman–Crippen LogP) is 5.73. The van der Waals surface area contributed by atoms with E-state index < -0.39 is 17.5 Å². The number of hydrogen-bond donors (Lipinski definition) is 0. The second-order valence-electron chi connectivity index (χ2n) is 6.43. The maximum atomic E-state index is 13.3. The molecule has 0 spiro atoms. The molecular formula is C18H21F3. The molecule has 2 unspecified atom stereocenters. The molecule has 3 rings (SSSR count). The highest BCUT2D eigenvalue weighted by atomic mass is 19.2. The molecule has 0 aliphatic heterocycles. The van der Waals surface area contributed by atoms with Gasteiger partial charge in [-0.2, -0.15) is 0 Å². The average molecular weight is 294 g/mol. The molecule has 0 amide bonds. The van der Waals surface area contributed by atoms with Gasteiger partial charge in [0.1, 0.15) is 0 Å². The van der Waals surface area contributed by atoms with Crippen LogP contribution in [0.5, 0.6) is 0 Å². The Balaban J connectivity index is 1.72. The van der Waals surface area contributed by atoms with E-state index in [4.69, 9.17) is 0 Å². The molecule has 0 radical (unpaired) electrons. The Kier molecular flexibility index (Phi) is 4.37. The zero-order chi connectivity index (χ0) is 14.8. The van der Waals surface area contributed by atoms with Gasteiger partial charge in [0.05, 0.1) is 0 Å². The summed E-state index contributed by atoms with van der Waals surface area (Å²) in [7, 11) is 0. The molecule has 1 aromatic carbocycles. The van der Waals surface area contributed by atoms with Crippen molar-refractivity contribution in [3.63, 3.8) is 0 Å². The van der Waals surface area contributed by atoms with E-state index >= 15 is 0 Å². The molecule has 2 aliphatic carbocycles. The van der Waals surface area contributed by atoms with E-state index in [1.165, 1.54) is 32.1 Å². The molecule has 0 saturated heterocycles. The Hall–Kier alpha value is -1.25. The Morgan fingerprint density at radius 2 is 1.43 bits per heavy atom. The van der Waals surface area contributed by atoms with Gasteiger partial charge in [-0.3, -0.25) is 0 Å². The van der Waals surface area contributed by atoms with Gasteiger partial charge < -0.3 is 0 Å². The van der Waals surface area contributed by atoms with E-state index in [0.29, 0.717) is 11.5 Å². The topological polar surface area (TPSA) is 0 Å². The van der Waals surface area contributed by atoms with E-state index in [2.05, 4.69) is 12.2 Å². The van der Waals surface area contributed by atoms with Gasteiger partial charge in [0.25, 0.3) is 0 Å². The van der Waals surface area contributed by atoms with Crippen molar-refractivity contribution < 1.29 is 13.2 Å². The maximum Gasteiger partial charge on any atom is 0.194 e. The highest BCUT2D eigenvalue weighted by Gasteiger charge is 2.26. The van der Waals surface area contributed by atoms with Crippen LogP contribution in [-0.2, 0) is 0 Å². The summed E-state index contributed by atoms with van der Waals surface area (Å²) in [5, 5.41) is 0. The largest absolute Gasteiger partial charge is 0.204 e. The summed E-state index contributed by atoms with van der Waals surface area (Å²) in [5.41, 5.74) is 0.546. The van der Waals surface area contributed by atoms with Crippen LogP contribution < -0.4 is 0 Å². The van der Waals surface area contributed by atoms with Crippen LogP contribution in [0, 0.1) is 29.3 Å². The van der Waals surface area contributed by atoms with Gasteiger partial charge in [-0.05, 0) is 55.2 Å². The number of halogens is 3. The first kappa shape index (κ1) is 14.7. The number of hydrogen-bond acceptors (Lipinski definition) is 0. The Labute approximate surface area is 124 Å². The molecule has 1 aromatic rings. The van der Waals surface area contributed by atoms with Crippen molar-refractivity contribution in [2.75, 3.05) is 0 Å². The van der Waals surface area contributed by atoms with E-state index in [-0.39, 0.29) is 5.92 Å². The normalized spacial score (nSPS) is 27.0. The molecule has 2 atom stereocenters. The third-order valence-electron chi connectivity index (χ3n) is 5.09. The lowest BCUT2D eigenvalue weighted by Gasteiger charge is -2.32. The molecule has 3 heteroatoms. The van der Waals surface area contributed by atoms with Crippen molar-refractivity contribution in [3.8, 4) is 0 Å². The van der Waals surface area contributed by atoms with Gasteiger partial charge in [-0.1, -0.05) is 31.4 Å². The summed E-state index contributed by atoms with van der Waals surface area (Å²) >= 11 is 0. The molecule has 0 bridgehead atoms. The summed E-state index contributed by atoms with van der Waals surface area (Å²) in [4.78, 5) is 0. The fourth-order valence-corrected chi connectivity index (χ4v) is 3.86. The lowest BCUT2D eigenvalue weighted by molar-refractivity contribution is 0.264. The lowest BCUT2D eigenvalue weighted by Crippen LogP contribution is -2.19. The zero-order valence-corrected chi connectivity index (χ0v) is 12.1. The van der Waals surface area contributed by atoms with Crippen LogP contribution in [0.1, 0.15) is 56.4 Å². The minimum atomic E-state index is -1.38. The van der Waals surface area contributed by atoms with E-state index in [9.17, 15) is 13.2 Å². The Morgan fingerprint density at radius 3 is 2.00 bits per heavy atom. The SMILES string of the molecule is Fc1cc(C2C=CC(C3CCCCC3)CC2)cc(F)c1F. The van der Waals surface area contributed by atoms with Gasteiger partial charge in [-0.25, -0.2) is 13.2 Å². The summed E-state index contributed by atoms with van der Waals surface area (Å²) < 4.78 is 39.7. The second kappa shape index (κ2) is 6.25. The summed E-state index contributed by atoms with van der Waals surface area (Å²) in [5.74, 6) is -2.16. The highest BCUT2D eigenvalue weighted by molar-refractivity contribution is 5.27. The predicted molar refractivity (Wildman–Crippen MR) is 77.5 cm³/mol. The molecule has 21 heavy (non-hydrogen) atoms. The fourth-order valence-electron chi connectivity index (χ4n) is 3.86. The molecule has 0 aromatic heterocycles. The lowest BCUT2D eigenvalue weighted by atomic mass is 9.73. The van der Waals surface area contributed by atoms with Gasteiger partial charge in [-0.15, -0.1) is 0 Å². The first-order valence-corrected chi connectivity index (χ1v) is 7.98. The number of benzene rings is 1. The van der Waals surface area contributed by atoms with Gasteiger partial charge in [0.15, 0.2) is 17.5 Å². The van der Waals surface area contributed by atoms with Crippen molar-refractivity contribution in [3.05, 3.63) is 47.3 Å². The smallest absolute Gasteiger partial charge is 0.194 e. The zero-order valence-electron chi connectivity index (χ0n) is 12.1. The molecule has 1 fully saturated rings. The van der Waals surface area contributed by atoms with Gasteiger partial charge in [0, 0.05) is 5.92 Å². The molecule has 0 N–H and O–H groups in total. The molecule has 0 heterocycles. The number of allylic oxidation sites excluding steroid dienone is 2. The highest BCUT2D eigenvalue weighted by Crippen LogP contribution is 2.39. The monoisotopic (exact) mass is 294 g/mol. The third kappa shape index (κ3) is 3.17. The first-order chi connectivity index (χ1) is 10.1. The Bertz CT molecular complexity index is 506. The third-order valence-corrected chi connectivity index (χ3v) is 5.09. The molecule has 2 aliphatic rings. The minimum absolute atomic E-state index is 0.00874. The average Bonchev–Trinajstić information content (AvgIpc) is 2.53. The van der Waals surface area contributed by atoms with Crippen molar-refractivity contribution in [2.45, 2.75) is 50.9 Å². The molecule has 1 saturated carbocycles. The van der Waals surface area contributed by atoms with E-state index in [1.54, 1.807) is 0 Å². The number of rotatable bonds is 2. The van der Waals surface area contributed by atoms with E-state index in [1.807, 2.05) is 0 Å². The molecule has 114 valence electrons. The van der Waals surface area contributed by atoms with Crippen LogP contribution in [-0.4, -0.2) is 0 Å². The van der Waals surface area contributed by atoms with Crippen molar-refractivity contribution in [2.24, 2.45) is 11.8 Å². The first-order valence-electron chi connectivity index (χ1n) is 7.98. The van der Waals surface area contributed by atoms with Gasteiger partial charge >= 0.3 is 0 Å². The van der Waals surface area contributed by atoms with E-state index in [0.717, 1.165) is 30.9 Å². The quantitative estimate of drug-likeness (QED) is 0.482. The second-order valence-corrected chi connectivity index (χ2v) is 6.43. The van der Waals surface area contributed by atoms with Crippen LogP contribution in [0.4, 0.5) is 13.2 Å². The molecule has 0 nitrogen and oxygen atoms in total. The van der Waals surface area contributed by atoms with Crippen LogP contribution in [0.3, 0.4) is 0 Å². The molecular weight excluding hydrogens is 273 g/mol. The Morgan fingerprint density at radius 1 is 0.762 bits per heavy atom. The standard InChI is InChI=1S/C18H21F3/c19-16-10-15(11-17(20)18(16)21)14-8-6-13(7-9-14)12-4-2-1-3-5-12/h6,8,10-14H,1-5,7,9H2. The summed E-state index contributed by atoms with van der Waals surface area (Å²) in [6.45, 7) is 0. The van der Waals surface area contributed by atoms with Crippen LogP contribution in [0.2, 0.25) is 0 Å². The van der Waals surface area contributed by atoms with Crippen molar-refractivity contribution in [1.82, 2.24) is 0 Å². The maximum absolute atomic E-state index is 13.3. The van der Waals surface area contributed by atoms with Crippen molar-refractivity contribution >= 4 is 0 Å². The summed E-state index contributed by atoms with van der Waals surface area (Å²) in [6, 6.07) is 2.27.